The zero-order chi connectivity index (χ0) is 15.1. The number of aliphatic hydroxyl groups is 1. The van der Waals surface area contributed by atoms with Gasteiger partial charge < -0.3 is 28.8 Å². The van der Waals surface area contributed by atoms with Gasteiger partial charge in [0.15, 0.2) is 17.7 Å². The van der Waals surface area contributed by atoms with E-state index in [2.05, 4.69) is 4.74 Å². The van der Waals surface area contributed by atoms with Crippen LogP contribution < -0.4 is 0 Å². The molecule has 0 amide bonds. The summed E-state index contributed by atoms with van der Waals surface area (Å²) in [5, 5.41) is 10.0. The molecule has 0 aromatic heterocycles. The molecule has 0 bridgehead atoms. The fourth-order valence-corrected chi connectivity index (χ4v) is 2.48. The molecule has 2 heterocycles. The zero-order valence-electron chi connectivity index (χ0n) is 12.4. The Kier molecular flexibility index (Phi) is 4.10. The molecule has 4 atom stereocenters. The number of carbonyl (C=O) groups excluding carboxylic acids is 1. The van der Waals surface area contributed by atoms with E-state index in [4.69, 9.17) is 18.9 Å². The standard InChI is InChI=1S/C13H22O7/c1-12(2)17-6-7(18-12)9-10(8(14)11(15)16-5)20-13(3,4)19-9/h7-10,14H,6H2,1-5H3/t7-,8+,9+,10+/m1/s1. The number of carbonyl (C=O) groups is 1. The smallest absolute Gasteiger partial charge is 0.337 e. The number of esters is 1. The van der Waals surface area contributed by atoms with Crippen molar-refractivity contribution < 1.29 is 33.6 Å². The number of ether oxygens (including phenoxy) is 5. The SMILES string of the molecule is COC(=O)[C@@H](O)[C@@H]1OC(C)(C)O[C@H]1[C@H]1COC(C)(C)O1. The summed E-state index contributed by atoms with van der Waals surface area (Å²) >= 11 is 0. The van der Waals surface area contributed by atoms with Gasteiger partial charge in [0.05, 0.1) is 13.7 Å². The number of rotatable bonds is 3. The van der Waals surface area contributed by atoms with Gasteiger partial charge in [-0.25, -0.2) is 4.79 Å². The molecule has 1 N–H and O–H groups in total. The zero-order valence-corrected chi connectivity index (χ0v) is 12.4. The molecule has 7 nitrogen and oxygen atoms in total. The van der Waals surface area contributed by atoms with Gasteiger partial charge in [-0.05, 0) is 27.7 Å². The Hall–Kier alpha value is -0.730. The van der Waals surface area contributed by atoms with Crippen molar-refractivity contribution in [1.82, 2.24) is 0 Å². The van der Waals surface area contributed by atoms with Crippen molar-refractivity contribution in [3.8, 4) is 0 Å². The van der Waals surface area contributed by atoms with Crippen molar-refractivity contribution in [1.29, 1.82) is 0 Å². The summed E-state index contributed by atoms with van der Waals surface area (Å²) in [4.78, 5) is 11.5. The third-order valence-corrected chi connectivity index (χ3v) is 3.31. The highest BCUT2D eigenvalue weighted by atomic mass is 16.8. The minimum atomic E-state index is -1.43. The molecular formula is C13H22O7. The van der Waals surface area contributed by atoms with Crippen LogP contribution >= 0.6 is 0 Å². The second kappa shape index (κ2) is 5.23. The second-order valence-corrected chi connectivity index (χ2v) is 5.90. The molecule has 2 aliphatic heterocycles. The Labute approximate surface area is 118 Å². The van der Waals surface area contributed by atoms with E-state index in [1.54, 1.807) is 27.7 Å². The highest BCUT2D eigenvalue weighted by Crippen LogP contribution is 2.36. The first-order valence-electron chi connectivity index (χ1n) is 6.58. The molecule has 0 aromatic rings. The van der Waals surface area contributed by atoms with Crippen LogP contribution in [0.2, 0.25) is 0 Å². The molecule has 0 radical (unpaired) electrons. The molecule has 20 heavy (non-hydrogen) atoms. The fraction of sp³-hybridized carbons (Fsp3) is 0.923. The van der Waals surface area contributed by atoms with Crippen LogP contribution in [0.3, 0.4) is 0 Å². The molecule has 0 unspecified atom stereocenters. The van der Waals surface area contributed by atoms with Gasteiger partial charge in [0.1, 0.15) is 18.3 Å². The first-order chi connectivity index (χ1) is 9.15. The molecule has 0 aliphatic carbocycles. The lowest BCUT2D eigenvalue weighted by Gasteiger charge is -2.25. The van der Waals surface area contributed by atoms with Crippen LogP contribution in [0.4, 0.5) is 0 Å². The minimum absolute atomic E-state index is 0.307. The lowest BCUT2D eigenvalue weighted by molar-refractivity contribution is -0.176. The maximum absolute atomic E-state index is 11.5. The molecule has 116 valence electrons. The Morgan fingerprint density at radius 2 is 1.85 bits per heavy atom. The van der Waals surface area contributed by atoms with Crippen molar-refractivity contribution in [2.24, 2.45) is 0 Å². The lowest BCUT2D eigenvalue weighted by atomic mass is 10.0. The number of methoxy groups -OCH3 is 1. The van der Waals surface area contributed by atoms with Gasteiger partial charge in [-0.3, -0.25) is 0 Å². The molecular weight excluding hydrogens is 268 g/mol. The van der Waals surface area contributed by atoms with E-state index in [1.807, 2.05) is 0 Å². The molecule has 2 aliphatic rings. The van der Waals surface area contributed by atoms with Crippen molar-refractivity contribution in [2.45, 2.75) is 63.7 Å². The number of hydrogen-bond acceptors (Lipinski definition) is 7. The van der Waals surface area contributed by atoms with Crippen molar-refractivity contribution in [3.63, 3.8) is 0 Å². The van der Waals surface area contributed by atoms with Crippen molar-refractivity contribution in [3.05, 3.63) is 0 Å². The third-order valence-electron chi connectivity index (χ3n) is 3.31. The Bertz CT molecular complexity index is 379. The van der Waals surface area contributed by atoms with E-state index in [1.165, 1.54) is 7.11 Å². The van der Waals surface area contributed by atoms with Gasteiger partial charge in [0.25, 0.3) is 0 Å². The van der Waals surface area contributed by atoms with Crippen LogP contribution in [-0.2, 0) is 28.5 Å². The molecule has 0 saturated carbocycles. The molecule has 2 rings (SSSR count). The second-order valence-electron chi connectivity index (χ2n) is 5.90. The van der Waals surface area contributed by atoms with Gasteiger partial charge in [-0.15, -0.1) is 0 Å². The van der Waals surface area contributed by atoms with Crippen molar-refractivity contribution in [2.75, 3.05) is 13.7 Å². The molecule has 2 fully saturated rings. The molecule has 7 heteroatoms. The van der Waals surface area contributed by atoms with Gasteiger partial charge in [0.2, 0.25) is 0 Å². The first-order valence-corrected chi connectivity index (χ1v) is 6.58. The average molecular weight is 290 g/mol. The van der Waals surface area contributed by atoms with Crippen LogP contribution in [0.1, 0.15) is 27.7 Å². The number of aliphatic hydroxyl groups excluding tert-OH is 1. The first kappa shape index (κ1) is 15.7. The quantitative estimate of drug-likeness (QED) is 0.743. The van der Waals surface area contributed by atoms with E-state index >= 15 is 0 Å². The summed E-state index contributed by atoms with van der Waals surface area (Å²) in [6, 6.07) is 0. The Balaban J connectivity index is 2.14. The van der Waals surface area contributed by atoms with Crippen LogP contribution in [-0.4, -0.2) is 60.8 Å². The molecule has 2 saturated heterocycles. The maximum atomic E-state index is 11.5. The predicted molar refractivity (Wildman–Crippen MR) is 66.8 cm³/mol. The lowest BCUT2D eigenvalue weighted by Crippen LogP contribution is -2.47. The minimum Gasteiger partial charge on any atom is -0.467 e. The van der Waals surface area contributed by atoms with Gasteiger partial charge in [-0.1, -0.05) is 0 Å². The summed E-state index contributed by atoms with van der Waals surface area (Å²) < 4.78 is 27.1. The summed E-state index contributed by atoms with van der Waals surface area (Å²) in [7, 11) is 1.21. The monoisotopic (exact) mass is 290 g/mol. The predicted octanol–water partition coefficient (Wildman–Crippen LogP) is 0.192. The Morgan fingerprint density at radius 3 is 2.35 bits per heavy atom. The molecule has 0 spiro atoms. The highest BCUT2D eigenvalue weighted by molar-refractivity contribution is 5.75. The van der Waals surface area contributed by atoms with E-state index in [0.717, 1.165) is 0 Å². The van der Waals surface area contributed by atoms with Gasteiger partial charge in [0, 0.05) is 0 Å². The summed E-state index contributed by atoms with van der Waals surface area (Å²) in [5.74, 6) is -2.40. The summed E-state index contributed by atoms with van der Waals surface area (Å²) in [5.41, 5.74) is 0. The van der Waals surface area contributed by atoms with E-state index in [9.17, 15) is 9.90 Å². The maximum Gasteiger partial charge on any atom is 0.337 e. The fourth-order valence-electron chi connectivity index (χ4n) is 2.48. The van der Waals surface area contributed by atoms with Gasteiger partial charge in [-0.2, -0.15) is 0 Å². The van der Waals surface area contributed by atoms with Crippen molar-refractivity contribution >= 4 is 5.97 Å². The van der Waals surface area contributed by atoms with E-state index in [-0.39, 0.29) is 0 Å². The van der Waals surface area contributed by atoms with Crippen LogP contribution in [0.25, 0.3) is 0 Å². The van der Waals surface area contributed by atoms with Crippen LogP contribution in [0.15, 0.2) is 0 Å². The van der Waals surface area contributed by atoms with Crippen LogP contribution in [0, 0.1) is 0 Å². The summed E-state index contributed by atoms with van der Waals surface area (Å²) in [6.45, 7) is 7.32. The Morgan fingerprint density at radius 1 is 1.20 bits per heavy atom. The largest absolute Gasteiger partial charge is 0.467 e. The number of hydrogen-bond donors (Lipinski definition) is 1. The normalized spacial score (nSPS) is 36.8. The molecule has 0 aromatic carbocycles. The van der Waals surface area contributed by atoms with E-state index in [0.29, 0.717) is 6.61 Å². The highest BCUT2D eigenvalue weighted by Gasteiger charge is 2.53. The van der Waals surface area contributed by atoms with Gasteiger partial charge >= 0.3 is 5.97 Å². The topological polar surface area (TPSA) is 83.5 Å². The third kappa shape index (κ3) is 3.12. The van der Waals surface area contributed by atoms with E-state index < -0.39 is 42.0 Å². The van der Waals surface area contributed by atoms with Crippen LogP contribution in [0.5, 0.6) is 0 Å². The average Bonchev–Trinajstić information content (AvgIpc) is 2.86. The summed E-state index contributed by atoms with van der Waals surface area (Å²) in [6.07, 6.45) is -3.32.